The van der Waals surface area contributed by atoms with E-state index in [4.69, 9.17) is 4.98 Å². The maximum Gasteiger partial charge on any atom is 0.269 e. The smallest absolute Gasteiger partial charge is 0.269 e. The van der Waals surface area contributed by atoms with Gasteiger partial charge in [0.2, 0.25) is 0 Å². The Morgan fingerprint density at radius 2 is 2.03 bits per heavy atom. The summed E-state index contributed by atoms with van der Waals surface area (Å²) in [6, 6.07) is 10.2. The minimum atomic E-state index is -0.246. The number of carbonyl (C=O) groups excluding carboxylic acids is 1. The Morgan fingerprint density at radius 1 is 1.28 bits per heavy atom. The Morgan fingerprint density at radius 3 is 2.76 bits per heavy atom. The van der Waals surface area contributed by atoms with Gasteiger partial charge in [-0.25, -0.2) is 4.98 Å². The van der Waals surface area contributed by atoms with Crippen LogP contribution >= 0.6 is 0 Å². The second kappa shape index (κ2) is 7.30. The summed E-state index contributed by atoms with van der Waals surface area (Å²) in [5.74, 6) is 0.904. The Labute approximate surface area is 171 Å². The van der Waals surface area contributed by atoms with Crippen molar-refractivity contribution >= 4 is 16.9 Å². The molecular formula is C22H30N6O. The highest BCUT2D eigenvalue weighted by molar-refractivity contribution is 5.93. The van der Waals surface area contributed by atoms with Crippen LogP contribution in [-0.2, 0) is 5.54 Å². The number of hydrogen-bond donors (Lipinski definition) is 2. The van der Waals surface area contributed by atoms with E-state index in [-0.39, 0.29) is 23.5 Å². The zero-order valence-corrected chi connectivity index (χ0v) is 17.9. The molecule has 0 radical (unpaired) electrons. The van der Waals surface area contributed by atoms with E-state index < -0.39 is 0 Å². The Hall–Kier alpha value is -2.67. The van der Waals surface area contributed by atoms with Gasteiger partial charge in [-0.3, -0.25) is 14.4 Å². The molecule has 2 N–H and O–H groups in total. The molecule has 1 aromatic carbocycles. The molecule has 1 fully saturated rings. The number of aryl methyl sites for hydroxylation is 1. The summed E-state index contributed by atoms with van der Waals surface area (Å²) in [6.45, 7) is 9.01. The van der Waals surface area contributed by atoms with Gasteiger partial charge in [-0.05, 0) is 65.8 Å². The number of amides is 1. The first-order valence-corrected chi connectivity index (χ1v) is 10.3. The van der Waals surface area contributed by atoms with Crippen LogP contribution in [0, 0.1) is 6.92 Å². The number of piperidine rings is 1. The van der Waals surface area contributed by atoms with Gasteiger partial charge in [0, 0.05) is 12.6 Å². The van der Waals surface area contributed by atoms with E-state index in [1.165, 1.54) is 0 Å². The third kappa shape index (κ3) is 3.92. The van der Waals surface area contributed by atoms with Crippen molar-refractivity contribution in [2.75, 3.05) is 13.6 Å². The summed E-state index contributed by atoms with van der Waals surface area (Å²) in [6.07, 6.45) is 1.74. The first kappa shape index (κ1) is 19.6. The highest BCUT2D eigenvalue weighted by Crippen LogP contribution is 2.29. The second-order valence-corrected chi connectivity index (χ2v) is 9.08. The largest absolute Gasteiger partial charge is 0.348 e. The number of fused-ring (bicyclic) bond motifs is 1. The summed E-state index contributed by atoms with van der Waals surface area (Å²) in [5, 5.41) is 7.77. The Kier molecular flexibility index (Phi) is 4.94. The standard InChI is InChI=1S/C22H30N6O/c1-14-12-19(28(26-14)22(2,3)4)21(29)23-15-10-11-27(5)18(13-15)20-24-16-8-6-7-9-17(16)25-20/h6-9,12,15,18H,10-11,13H2,1-5H3,(H,23,29)(H,24,25)/t15-,18-/m1/s1. The zero-order valence-electron chi connectivity index (χ0n) is 17.9. The molecule has 7 heteroatoms. The van der Waals surface area contributed by atoms with Crippen molar-refractivity contribution in [3.05, 3.63) is 47.5 Å². The number of hydrogen-bond acceptors (Lipinski definition) is 4. The van der Waals surface area contributed by atoms with Crippen molar-refractivity contribution in [2.45, 2.75) is 58.2 Å². The van der Waals surface area contributed by atoms with Gasteiger partial charge in [0.15, 0.2) is 0 Å². The fourth-order valence-corrected chi connectivity index (χ4v) is 4.10. The van der Waals surface area contributed by atoms with Crippen molar-refractivity contribution in [3.63, 3.8) is 0 Å². The summed E-state index contributed by atoms with van der Waals surface area (Å²) in [5.41, 5.74) is 3.26. The van der Waals surface area contributed by atoms with Gasteiger partial charge in [0.05, 0.1) is 28.3 Å². The number of imidazole rings is 1. The molecule has 0 aliphatic carbocycles. The lowest BCUT2D eigenvalue weighted by Crippen LogP contribution is -2.46. The molecule has 0 spiro atoms. The average Bonchev–Trinajstić information content (AvgIpc) is 3.26. The maximum atomic E-state index is 13.1. The zero-order chi connectivity index (χ0) is 20.8. The molecule has 3 aromatic rings. The molecule has 29 heavy (non-hydrogen) atoms. The van der Waals surface area contributed by atoms with Gasteiger partial charge in [-0.1, -0.05) is 12.1 Å². The third-order valence-corrected chi connectivity index (χ3v) is 5.63. The average molecular weight is 395 g/mol. The van der Waals surface area contributed by atoms with E-state index in [0.717, 1.165) is 41.9 Å². The molecule has 2 aromatic heterocycles. The highest BCUT2D eigenvalue weighted by Gasteiger charge is 2.31. The molecule has 1 saturated heterocycles. The summed E-state index contributed by atoms with van der Waals surface area (Å²) < 4.78 is 1.82. The van der Waals surface area contributed by atoms with Crippen molar-refractivity contribution in [1.82, 2.24) is 30.0 Å². The monoisotopic (exact) mass is 394 g/mol. The van der Waals surface area contributed by atoms with Crippen LogP contribution in [0.25, 0.3) is 11.0 Å². The van der Waals surface area contributed by atoms with Crippen molar-refractivity contribution in [1.29, 1.82) is 0 Å². The van der Waals surface area contributed by atoms with Gasteiger partial charge in [-0.15, -0.1) is 0 Å². The molecule has 154 valence electrons. The van der Waals surface area contributed by atoms with Crippen LogP contribution in [0.5, 0.6) is 0 Å². The second-order valence-electron chi connectivity index (χ2n) is 9.08. The third-order valence-electron chi connectivity index (χ3n) is 5.63. The van der Waals surface area contributed by atoms with E-state index in [2.05, 4.69) is 48.1 Å². The van der Waals surface area contributed by atoms with Crippen LogP contribution in [0.2, 0.25) is 0 Å². The molecule has 1 aliphatic heterocycles. The van der Waals surface area contributed by atoms with Gasteiger partial charge >= 0.3 is 0 Å². The molecule has 1 aliphatic rings. The van der Waals surface area contributed by atoms with E-state index in [0.29, 0.717) is 5.69 Å². The van der Waals surface area contributed by atoms with Crippen molar-refractivity contribution in [2.24, 2.45) is 0 Å². The number of para-hydroxylation sites is 2. The lowest BCUT2D eigenvalue weighted by Gasteiger charge is -2.36. The quantitative estimate of drug-likeness (QED) is 0.714. The topological polar surface area (TPSA) is 78.8 Å². The number of nitrogens with one attached hydrogen (secondary N) is 2. The van der Waals surface area contributed by atoms with Crippen LogP contribution < -0.4 is 5.32 Å². The minimum Gasteiger partial charge on any atom is -0.348 e. The van der Waals surface area contributed by atoms with Crippen molar-refractivity contribution < 1.29 is 4.79 Å². The molecule has 1 amide bonds. The molecular weight excluding hydrogens is 364 g/mol. The fraction of sp³-hybridized carbons (Fsp3) is 0.500. The number of benzene rings is 1. The molecule has 0 unspecified atom stereocenters. The molecule has 0 bridgehead atoms. The number of carbonyl (C=O) groups is 1. The fourth-order valence-electron chi connectivity index (χ4n) is 4.10. The van der Waals surface area contributed by atoms with Crippen LogP contribution in [0.4, 0.5) is 0 Å². The number of aromatic nitrogens is 4. The number of likely N-dealkylation sites (tertiary alicyclic amines) is 1. The van der Waals surface area contributed by atoms with Crippen LogP contribution in [0.1, 0.15) is 61.7 Å². The van der Waals surface area contributed by atoms with Crippen LogP contribution in [-0.4, -0.2) is 50.2 Å². The van der Waals surface area contributed by atoms with Gasteiger partial charge in [-0.2, -0.15) is 5.10 Å². The van der Waals surface area contributed by atoms with Crippen LogP contribution in [0.15, 0.2) is 30.3 Å². The predicted octanol–water partition coefficient (Wildman–Crippen LogP) is 3.39. The molecule has 7 nitrogen and oxygen atoms in total. The number of H-pyrrole nitrogens is 1. The van der Waals surface area contributed by atoms with Gasteiger partial charge in [0.1, 0.15) is 11.5 Å². The predicted molar refractivity (Wildman–Crippen MR) is 114 cm³/mol. The maximum absolute atomic E-state index is 13.1. The van der Waals surface area contributed by atoms with Crippen LogP contribution in [0.3, 0.4) is 0 Å². The summed E-state index contributed by atoms with van der Waals surface area (Å²) in [4.78, 5) is 23.6. The lowest BCUT2D eigenvalue weighted by atomic mass is 9.97. The van der Waals surface area contributed by atoms with E-state index in [9.17, 15) is 4.79 Å². The first-order chi connectivity index (χ1) is 13.7. The summed E-state index contributed by atoms with van der Waals surface area (Å²) >= 11 is 0. The molecule has 4 rings (SSSR count). The molecule has 3 heterocycles. The SMILES string of the molecule is Cc1cc(C(=O)N[C@@H]2CCN(C)[C@@H](c3nc4ccccc4[nH]3)C2)n(C(C)(C)C)n1. The minimum absolute atomic E-state index is 0.0570. The number of nitrogens with zero attached hydrogens (tertiary/aromatic N) is 4. The summed E-state index contributed by atoms with van der Waals surface area (Å²) in [7, 11) is 2.12. The highest BCUT2D eigenvalue weighted by atomic mass is 16.2. The van der Waals surface area contributed by atoms with E-state index in [1.807, 2.05) is 41.9 Å². The number of aromatic amines is 1. The molecule has 2 atom stereocenters. The van der Waals surface area contributed by atoms with E-state index >= 15 is 0 Å². The normalized spacial score (nSPS) is 20.9. The lowest BCUT2D eigenvalue weighted by molar-refractivity contribution is 0.0866. The van der Waals surface area contributed by atoms with Gasteiger partial charge in [0.25, 0.3) is 5.91 Å². The van der Waals surface area contributed by atoms with Gasteiger partial charge < -0.3 is 10.3 Å². The number of rotatable bonds is 3. The van der Waals surface area contributed by atoms with E-state index in [1.54, 1.807) is 0 Å². The first-order valence-electron chi connectivity index (χ1n) is 10.3. The van der Waals surface area contributed by atoms with Crippen molar-refractivity contribution in [3.8, 4) is 0 Å². The Balaban J connectivity index is 1.52. The molecule has 0 saturated carbocycles. The Bertz CT molecular complexity index is 995.